The van der Waals surface area contributed by atoms with E-state index >= 15 is 0 Å². The van der Waals surface area contributed by atoms with Crippen molar-refractivity contribution in [2.75, 3.05) is 12.4 Å². The predicted octanol–water partition coefficient (Wildman–Crippen LogP) is 3.08. The maximum absolute atomic E-state index is 10.7. The van der Waals surface area contributed by atoms with Crippen molar-refractivity contribution in [2.45, 2.75) is 44.9 Å². The standard InChI is InChI=1S/C15H25NO3S/c16-20(17,18)14-10-5-3-1-2-4-9-13-19-15-11-7-6-8-12-15/h6-8,11-12H,1-5,9-10,13-14H2,(H2,16,17,18). The molecule has 0 aromatic heterocycles. The second-order valence-corrected chi connectivity index (χ2v) is 6.74. The predicted molar refractivity (Wildman–Crippen MR) is 82.2 cm³/mol. The summed E-state index contributed by atoms with van der Waals surface area (Å²) < 4.78 is 27.0. The van der Waals surface area contributed by atoms with Gasteiger partial charge in [-0.2, -0.15) is 0 Å². The van der Waals surface area contributed by atoms with Gasteiger partial charge in [-0.15, -0.1) is 0 Å². The molecule has 1 aromatic rings. The molecule has 1 rings (SSSR count). The van der Waals surface area contributed by atoms with E-state index in [1.165, 1.54) is 6.42 Å². The van der Waals surface area contributed by atoms with Crippen LogP contribution in [-0.4, -0.2) is 20.8 Å². The molecular formula is C15H25NO3S. The van der Waals surface area contributed by atoms with Gasteiger partial charge in [0.25, 0.3) is 0 Å². The zero-order valence-corrected chi connectivity index (χ0v) is 12.8. The van der Waals surface area contributed by atoms with Gasteiger partial charge in [0.2, 0.25) is 10.0 Å². The van der Waals surface area contributed by atoms with Crippen molar-refractivity contribution in [2.24, 2.45) is 5.14 Å². The minimum Gasteiger partial charge on any atom is -0.494 e. The summed E-state index contributed by atoms with van der Waals surface area (Å²) in [5, 5.41) is 4.94. The molecule has 0 atom stereocenters. The minimum absolute atomic E-state index is 0.109. The van der Waals surface area contributed by atoms with Gasteiger partial charge in [0.1, 0.15) is 5.75 Å². The zero-order valence-electron chi connectivity index (χ0n) is 12.0. The topological polar surface area (TPSA) is 69.4 Å². The van der Waals surface area contributed by atoms with Crippen LogP contribution in [0.15, 0.2) is 30.3 Å². The number of primary sulfonamides is 1. The van der Waals surface area contributed by atoms with E-state index in [1.807, 2.05) is 30.3 Å². The van der Waals surface area contributed by atoms with Crippen LogP contribution >= 0.6 is 0 Å². The van der Waals surface area contributed by atoms with E-state index in [9.17, 15) is 8.42 Å². The maximum atomic E-state index is 10.7. The van der Waals surface area contributed by atoms with E-state index in [1.54, 1.807) is 0 Å². The van der Waals surface area contributed by atoms with E-state index in [0.29, 0.717) is 6.42 Å². The van der Waals surface area contributed by atoms with Crippen LogP contribution in [0.3, 0.4) is 0 Å². The maximum Gasteiger partial charge on any atom is 0.209 e. The average molecular weight is 299 g/mol. The summed E-state index contributed by atoms with van der Waals surface area (Å²) in [4.78, 5) is 0. The Morgan fingerprint density at radius 2 is 1.40 bits per heavy atom. The van der Waals surface area contributed by atoms with Gasteiger partial charge < -0.3 is 4.74 Å². The molecule has 1 aromatic carbocycles. The van der Waals surface area contributed by atoms with Crippen LogP contribution in [0.25, 0.3) is 0 Å². The van der Waals surface area contributed by atoms with Crippen molar-refractivity contribution in [3.63, 3.8) is 0 Å². The van der Waals surface area contributed by atoms with Crippen LogP contribution in [-0.2, 0) is 10.0 Å². The SMILES string of the molecule is NS(=O)(=O)CCCCCCCCCOc1ccccc1. The second-order valence-electron chi connectivity index (χ2n) is 5.00. The summed E-state index contributed by atoms with van der Waals surface area (Å²) in [6, 6.07) is 9.84. The molecule has 0 spiro atoms. The van der Waals surface area contributed by atoms with Crippen LogP contribution in [0.5, 0.6) is 5.75 Å². The fraction of sp³-hybridized carbons (Fsp3) is 0.600. The lowest BCUT2D eigenvalue weighted by Crippen LogP contribution is -2.16. The van der Waals surface area contributed by atoms with Gasteiger partial charge in [0.15, 0.2) is 0 Å². The summed E-state index contributed by atoms with van der Waals surface area (Å²) in [6.45, 7) is 0.759. The van der Waals surface area contributed by atoms with E-state index in [4.69, 9.17) is 9.88 Å². The molecule has 0 saturated heterocycles. The normalized spacial score (nSPS) is 11.4. The first kappa shape index (κ1) is 17.0. The highest BCUT2D eigenvalue weighted by molar-refractivity contribution is 7.89. The third kappa shape index (κ3) is 9.81. The van der Waals surface area contributed by atoms with Gasteiger partial charge in [-0.25, -0.2) is 13.6 Å². The molecule has 20 heavy (non-hydrogen) atoms. The molecular weight excluding hydrogens is 274 g/mol. The van der Waals surface area contributed by atoms with Crippen molar-refractivity contribution >= 4 is 10.0 Å². The van der Waals surface area contributed by atoms with Crippen molar-refractivity contribution in [3.8, 4) is 5.75 Å². The van der Waals surface area contributed by atoms with Crippen LogP contribution < -0.4 is 9.88 Å². The Hall–Kier alpha value is -1.07. The van der Waals surface area contributed by atoms with Crippen molar-refractivity contribution in [1.82, 2.24) is 0 Å². The molecule has 0 aliphatic heterocycles. The van der Waals surface area contributed by atoms with E-state index in [0.717, 1.165) is 44.5 Å². The molecule has 0 amide bonds. The molecule has 114 valence electrons. The minimum atomic E-state index is -3.27. The highest BCUT2D eigenvalue weighted by atomic mass is 32.2. The van der Waals surface area contributed by atoms with Gasteiger partial charge >= 0.3 is 0 Å². The molecule has 0 bridgehead atoms. The Bertz CT molecular complexity index is 445. The monoisotopic (exact) mass is 299 g/mol. The Morgan fingerprint density at radius 3 is 2.00 bits per heavy atom. The number of sulfonamides is 1. The summed E-state index contributed by atoms with van der Waals surface area (Å²) in [5.74, 6) is 1.04. The molecule has 0 aliphatic rings. The number of rotatable bonds is 11. The first-order valence-electron chi connectivity index (χ1n) is 7.26. The van der Waals surface area contributed by atoms with Gasteiger partial charge in [-0.3, -0.25) is 0 Å². The van der Waals surface area contributed by atoms with Crippen LogP contribution in [0.4, 0.5) is 0 Å². The second kappa shape index (κ2) is 9.77. The lowest BCUT2D eigenvalue weighted by Gasteiger charge is -2.05. The smallest absolute Gasteiger partial charge is 0.209 e. The Morgan fingerprint density at radius 1 is 0.850 bits per heavy atom. The van der Waals surface area contributed by atoms with E-state index < -0.39 is 10.0 Å². The Balaban J connectivity index is 1.86. The van der Waals surface area contributed by atoms with Crippen molar-refractivity contribution in [3.05, 3.63) is 30.3 Å². The summed E-state index contributed by atoms with van der Waals surface area (Å²) in [5.41, 5.74) is 0. The quantitative estimate of drug-likeness (QED) is 0.638. The number of unbranched alkanes of at least 4 members (excludes halogenated alkanes) is 6. The van der Waals surface area contributed by atoms with Gasteiger partial charge in [0, 0.05) is 0 Å². The number of ether oxygens (including phenoxy) is 1. The third-order valence-electron chi connectivity index (χ3n) is 3.09. The lowest BCUT2D eigenvalue weighted by molar-refractivity contribution is 0.304. The van der Waals surface area contributed by atoms with Crippen molar-refractivity contribution < 1.29 is 13.2 Å². The van der Waals surface area contributed by atoms with E-state index in [-0.39, 0.29) is 5.75 Å². The highest BCUT2D eigenvalue weighted by Crippen LogP contribution is 2.11. The van der Waals surface area contributed by atoms with Gasteiger partial charge in [-0.05, 0) is 25.0 Å². The molecule has 2 N–H and O–H groups in total. The molecule has 0 fully saturated rings. The fourth-order valence-corrected chi connectivity index (χ4v) is 2.60. The number of nitrogens with two attached hydrogens (primary N) is 1. The lowest BCUT2D eigenvalue weighted by atomic mass is 10.1. The molecule has 4 nitrogen and oxygen atoms in total. The van der Waals surface area contributed by atoms with Gasteiger partial charge in [-0.1, -0.05) is 50.3 Å². The Kier molecular flexibility index (Phi) is 8.30. The van der Waals surface area contributed by atoms with E-state index in [2.05, 4.69) is 0 Å². The first-order valence-corrected chi connectivity index (χ1v) is 8.98. The number of benzene rings is 1. The highest BCUT2D eigenvalue weighted by Gasteiger charge is 2.01. The summed E-state index contributed by atoms with van der Waals surface area (Å²) in [7, 11) is -3.27. The molecule has 0 radical (unpaired) electrons. The first-order chi connectivity index (χ1) is 9.58. The van der Waals surface area contributed by atoms with Crippen molar-refractivity contribution in [1.29, 1.82) is 0 Å². The van der Waals surface area contributed by atoms with Gasteiger partial charge in [0.05, 0.1) is 12.4 Å². The van der Waals surface area contributed by atoms with Crippen LogP contribution in [0.2, 0.25) is 0 Å². The summed E-state index contributed by atoms with van der Waals surface area (Å²) in [6.07, 6.45) is 7.24. The fourth-order valence-electron chi connectivity index (χ4n) is 2.00. The number of hydrogen-bond acceptors (Lipinski definition) is 3. The molecule has 0 heterocycles. The average Bonchev–Trinajstić information content (AvgIpc) is 2.41. The Labute approximate surface area is 122 Å². The van der Waals surface area contributed by atoms with Crippen LogP contribution in [0, 0.1) is 0 Å². The number of para-hydroxylation sites is 1. The molecule has 0 aliphatic carbocycles. The molecule has 5 heteroatoms. The molecule has 0 unspecified atom stereocenters. The zero-order chi connectivity index (χ0) is 14.7. The summed E-state index contributed by atoms with van der Waals surface area (Å²) >= 11 is 0. The number of hydrogen-bond donors (Lipinski definition) is 1. The molecule has 0 saturated carbocycles. The third-order valence-corrected chi connectivity index (χ3v) is 3.94. The van der Waals surface area contributed by atoms with Crippen LogP contribution in [0.1, 0.15) is 44.9 Å². The largest absolute Gasteiger partial charge is 0.494 e.